The van der Waals surface area contributed by atoms with Gasteiger partial charge in [-0.2, -0.15) is 0 Å². The normalized spacial score (nSPS) is 14.6. The molecule has 0 saturated heterocycles. The van der Waals surface area contributed by atoms with E-state index in [1.807, 2.05) is 0 Å². The topological polar surface area (TPSA) is 9.72 Å². The quantitative estimate of drug-likeness (QED) is 0.361. The molecule has 0 heterocycles. The van der Waals surface area contributed by atoms with Crippen LogP contribution in [0.25, 0.3) is 0 Å². The Hall–Kier alpha value is 0.314. The van der Waals surface area contributed by atoms with Crippen molar-refractivity contribution in [1.29, 1.82) is 0 Å². The first-order chi connectivity index (χ1) is 11.0. The minimum absolute atomic E-state index is 0.471. The molecule has 0 radical (unpaired) electrons. The molecule has 0 saturated carbocycles. The van der Waals surface area contributed by atoms with Crippen molar-refractivity contribution < 1.29 is 0 Å². The molecule has 0 aliphatic rings. The molecule has 3 nitrogen and oxygen atoms in total. The van der Waals surface area contributed by atoms with Gasteiger partial charge in [-0.3, -0.25) is 9.80 Å². The number of hydrogen-bond donors (Lipinski definition) is 0. The van der Waals surface area contributed by atoms with E-state index in [1.54, 1.807) is 0 Å². The Morgan fingerprint density at radius 3 is 0.920 bits per heavy atom. The fourth-order valence-corrected chi connectivity index (χ4v) is 14.1. The smallest absolute Gasteiger partial charge is 0.112 e. The lowest BCUT2D eigenvalue weighted by atomic mass is 10.1. The monoisotopic (exact) mass is 387 g/mol. The second-order valence-corrected chi connectivity index (χ2v) is 20.9. The Labute approximate surface area is 162 Å². The van der Waals surface area contributed by atoms with Crippen LogP contribution in [0.5, 0.6) is 0 Å². The zero-order valence-corrected chi connectivity index (χ0v) is 21.9. The van der Waals surface area contributed by atoms with Gasteiger partial charge in [-0.1, -0.05) is 39.3 Å². The maximum atomic E-state index is 2.96. The first-order valence-corrected chi connectivity index (χ1v) is 17.2. The van der Waals surface area contributed by atoms with Crippen molar-refractivity contribution in [3.05, 3.63) is 0 Å². The second kappa shape index (κ2) is 9.49. The Kier molecular flexibility index (Phi) is 9.61. The summed E-state index contributed by atoms with van der Waals surface area (Å²) in [5, 5.41) is 0. The molecule has 0 spiro atoms. The minimum atomic E-state index is -1.37. The zero-order chi connectivity index (χ0) is 20.3. The molecule has 0 fully saturated rings. The van der Waals surface area contributed by atoms with Gasteiger partial charge in [0.05, 0.1) is 6.17 Å². The van der Waals surface area contributed by atoms with Crippen LogP contribution in [-0.2, 0) is 0 Å². The van der Waals surface area contributed by atoms with E-state index in [0.717, 1.165) is 0 Å². The summed E-state index contributed by atoms with van der Waals surface area (Å²) in [6, 6.07) is 2.20. The van der Waals surface area contributed by atoms with E-state index in [4.69, 9.17) is 0 Å². The highest BCUT2D eigenvalue weighted by molar-refractivity contribution is 6.89. The Morgan fingerprint density at radius 1 is 0.520 bits per heavy atom. The van der Waals surface area contributed by atoms with Gasteiger partial charge in [-0.05, 0) is 55.4 Å². The van der Waals surface area contributed by atoms with E-state index in [1.165, 1.54) is 6.54 Å². The molecule has 0 aromatic heterocycles. The lowest BCUT2D eigenvalue weighted by Crippen LogP contribution is -2.68. The average Bonchev–Trinajstić information content (AvgIpc) is 2.30. The molecule has 0 atom stereocenters. The maximum Gasteiger partial charge on any atom is 0.112 e. The van der Waals surface area contributed by atoms with Crippen LogP contribution in [-0.4, -0.2) is 67.4 Å². The summed E-state index contributed by atoms with van der Waals surface area (Å²) in [6.45, 7) is 35.2. The van der Waals surface area contributed by atoms with Crippen LogP contribution in [0.4, 0.5) is 0 Å². The van der Waals surface area contributed by atoms with Crippen molar-refractivity contribution in [2.24, 2.45) is 0 Å². The molecule has 0 rings (SSSR count). The van der Waals surface area contributed by atoms with E-state index < -0.39 is 16.5 Å². The van der Waals surface area contributed by atoms with Crippen molar-refractivity contribution in [3.8, 4) is 0 Å². The molecular weight excluding hydrogens is 338 g/mol. The fraction of sp³-hybridized carbons (Fsp3) is 1.00. The number of rotatable bonds is 10. The Bertz CT molecular complexity index is 331. The van der Waals surface area contributed by atoms with Gasteiger partial charge < -0.3 is 4.23 Å². The molecule has 0 unspecified atom stereocenters. The van der Waals surface area contributed by atoms with Crippen LogP contribution in [0.2, 0.25) is 39.3 Å². The average molecular weight is 388 g/mol. The van der Waals surface area contributed by atoms with Crippen molar-refractivity contribution in [2.75, 3.05) is 6.54 Å². The van der Waals surface area contributed by atoms with E-state index >= 15 is 0 Å². The van der Waals surface area contributed by atoms with Crippen molar-refractivity contribution in [2.45, 2.75) is 125 Å². The van der Waals surface area contributed by atoms with Crippen LogP contribution in [0, 0.1) is 0 Å². The third kappa shape index (κ3) is 7.45. The molecule has 25 heavy (non-hydrogen) atoms. The summed E-state index contributed by atoms with van der Waals surface area (Å²) < 4.78 is 2.96. The lowest BCUT2D eigenvalue weighted by molar-refractivity contribution is -0.0385. The largest absolute Gasteiger partial charge is 0.343 e. The Morgan fingerprint density at radius 2 is 0.760 bits per heavy atom. The van der Waals surface area contributed by atoms with Crippen molar-refractivity contribution >= 4 is 16.5 Å². The predicted octanol–water partition coefficient (Wildman–Crippen LogP) is 5.52. The van der Waals surface area contributed by atoms with Gasteiger partial charge >= 0.3 is 0 Å². The van der Waals surface area contributed by atoms with Gasteiger partial charge in [0.1, 0.15) is 16.5 Å². The predicted molar refractivity (Wildman–Crippen MR) is 121 cm³/mol. The molecule has 0 aromatic carbocycles. The number of nitrogens with zero attached hydrogens (tertiary/aromatic N) is 3. The Balaban J connectivity index is 6.11. The first kappa shape index (κ1) is 25.3. The summed E-state index contributed by atoms with van der Waals surface area (Å²) in [5.74, 6) is 0. The van der Waals surface area contributed by atoms with E-state index in [9.17, 15) is 0 Å². The molecule has 0 aliphatic heterocycles. The molecule has 0 amide bonds. The highest BCUT2D eigenvalue weighted by Gasteiger charge is 2.40. The zero-order valence-electron chi connectivity index (χ0n) is 19.9. The number of hydrogen-bond acceptors (Lipinski definition) is 3. The SMILES string of the molecule is CC(C)N(C(C)C)C(CN([Si](C)(C)C)[Si](C)(C)C)N(C(C)C)C(C)C. The highest BCUT2D eigenvalue weighted by atomic mass is 28.4. The van der Waals surface area contributed by atoms with Gasteiger partial charge in [0.2, 0.25) is 0 Å². The van der Waals surface area contributed by atoms with Gasteiger partial charge in [-0.15, -0.1) is 0 Å². The fourth-order valence-electron chi connectivity index (χ4n) is 4.63. The first-order valence-electron chi connectivity index (χ1n) is 10.3. The third-order valence-electron chi connectivity index (χ3n) is 5.04. The van der Waals surface area contributed by atoms with E-state index in [2.05, 4.69) is 109 Å². The van der Waals surface area contributed by atoms with Crippen LogP contribution in [0.1, 0.15) is 55.4 Å². The lowest BCUT2D eigenvalue weighted by Gasteiger charge is -2.53. The van der Waals surface area contributed by atoms with E-state index in [0.29, 0.717) is 30.3 Å². The van der Waals surface area contributed by atoms with Crippen LogP contribution in [0.15, 0.2) is 0 Å². The molecular formula is C20H49N3Si2. The third-order valence-corrected chi connectivity index (χ3v) is 12.7. The summed E-state index contributed by atoms with van der Waals surface area (Å²) in [4.78, 5) is 5.49. The molecule has 152 valence electrons. The summed E-state index contributed by atoms with van der Waals surface area (Å²) in [5.41, 5.74) is 0. The van der Waals surface area contributed by atoms with Gasteiger partial charge in [0.25, 0.3) is 0 Å². The molecule has 5 heteroatoms. The van der Waals surface area contributed by atoms with Crippen molar-refractivity contribution in [1.82, 2.24) is 14.0 Å². The summed E-state index contributed by atoms with van der Waals surface area (Å²) >= 11 is 0. The van der Waals surface area contributed by atoms with Gasteiger partial charge in [0, 0.05) is 30.7 Å². The maximum absolute atomic E-state index is 2.96. The standard InChI is InChI=1S/C20H49N3Si2/c1-16(2)22(17(3)4)20(23(18(5)6)19(7)8)15-21(24(9,10)11)25(12,13)14/h16-20H,15H2,1-14H3. The molecule has 0 N–H and O–H groups in total. The summed E-state index contributed by atoms with van der Waals surface area (Å²) in [7, 11) is -2.75. The molecule has 0 bridgehead atoms. The van der Waals surface area contributed by atoms with Gasteiger partial charge in [-0.25, -0.2) is 0 Å². The van der Waals surface area contributed by atoms with Crippen LogP contribution < -0.4 is 0 Å². The van der Waals surface area contributed by atoms with Crippen molar-refractivity contribution in [3.63, 3.8) is 0 Å². The van der Waals surface area contributed by atoms with E-state index in [-0.39, 0.29) is 0 Å². The second-order valence-electron chi connectivity index (χ2n) is 10.7. The van der Waals surface area contributed by atoms with Gasteiger partial charge in [0.15, 0.2) is 0 Å². The molecule has 0 aromatic rings. The minimum Gasteiger partial charge on any atom is -0.343 e. The highest BCUT2D eigenvalue weighted by Crippen LogP contribution is 2.26. The van der Waals surface area contributed by atoms with Crippen LogP contribution in [0.3, 0.4) is 0 Å². The summed E-state index contributed by atoms with van der Waals surface area (Å²) in [6.07, 6.45) is 0.471. The van der Waals surface area contributed by atoms with Crippen LogP contribution >= 0.6 is 0 Å². The molecule has 0 aliphatic carbocycles.